The van der Waals surface area contributed by atoms with Gasteiger partial charge in [-0.25, -0.2) is 13.4 Å². The van der Waals surface area contributed by atoms with Crippen LogP contribution in [0.15, 0.2) is 41.4 Å². The van der Waals surface area contributed by atoms with Crippen LogP contribution in [0, 0.1) is 6.92 Å². The first kappa shape index (κ1) is 18.1. The number of benzene rings is 1. The zero-order valence-corrected chi connectivity index (χ0v) is 14.5. The van der Waals surface area contributed by atoms with Crippen LogP contribution < -0.4 is 9.46 Å². The minimum Gasteiger partial charge on any atom is -0.481 e. The van der Waals surface area contributed by atoms with Crippen LogP contribution in [-0.2, 0) is 16.2 Å². The highest BCUT2D eigenvalue weighted by atomic mass is 32.2. The third-order valence-corrected chi connectivity index (χ3v) is 5.18. The summed E-state index contributed by atoms with van der Waals surface area (Å²) in [5.74, 6) is 0.331. The summed E-state index contributed by atoms with van der Waals surface area (Å²) >= 11 is 0. The monoisotopic (exact) mass is 385 g/mol. The Kier molecular flexibility index (Phi) is 4.31. The smallest absolute Gasteiger partial charge is 0.416 e. The van der Waals surface area contributed by atoms with Crippen molar-refractivity contribution in [1.82, 2.24) is 9.97 Å². The van der Waals surface area contributed by atoms with E-state index in [0.717, 1.165) is 24.4 Å². The number of hydrogen-bond acceptors (Lipinski definition) is 4. The molecule has 2 aromatic heterocycles. The number of rotatable bonds is 4. The third-order valence-electron chi connectivity index (χ3n) is 3.77. The van der Waals surface area contributed by atoms with Gasteiger partial charge in [-0.05, 0) is 25.1 Å². The first-order valence-electron chi connectivity index (χ1n) is 7.34. The Balaban J connectivity index is 2.00. The van der Waals surface area contributed by atoms with Crippen molar-refractivity contribution in [2.45, 2.75) is 18.0 Å². The van der Waals surface area contributed by atoms with Crippen LogP contribution >= 0.6 is 0 Å². The lowest BCUT2D eigenvalue weighted by Gasteiger charge is -2.11. The number of aromatic nitrogens is 2. The second kappa shape index (κ2) is 6.20. The van der Waals surface area contributed by atoms with Gasteiger partial charge in [0.25, 0.3) is 10.0 Å². The van der Waals surface area contributed by atoms with Crippen molar-refractivity contribution < 1.29 is 26.3 Å². The molecule has 2 heterocycles. The zero-order valence-electron chi connectivity index (χ0n) is 13.7. The van der Waals surface area contributed by atoms with E-state index in [1.807, 2.05) is 0 Å². The molecule has 0 radical (unpaired) electrons. The number of fused-ring (bicyclic) bond motifs is 1. The molecule has 3 rings (SSSR count). The predicted molar refractivity (Wildman–Crippen MR) is 89.6 cm³/mol. The summed E-state index contributed by atoms with van der Waals surface area (Å²) in [5.41, 5.74) is -0.150. The number of alkyl halides is 3. The van der Waals surface area contributed by atoms with Crippen molar-refractivity contribution in [1.29, 1.82) is 0 Å². The molecule has 0 aliphatic carbocycles. The van der Waals surface area contributed by atoms with Gasteiger partial charge in [-0.3, -0.25) is 4.72 Å². The number of aromatic amines is 1. The molecule has 26 heavy (non-hydrogen) atoms. The fraction of sp³-hybridized carbons (Fsp3) is 0.188. The molecule has 0 fully saturated rings. The van der Waals surface area contributed by atoms with Gasteiger partial charge in [-0.1, -0.05) is 6.07 Å². The van der Waals surface area contributed by atoms with Crippen LogP contribution in [0.1, 0.15) is 11.3 Å². The zero-order chi connectivity index (χ0) is 19.1. The van der Waals surface area contributed by atoms with E-state index in [1.54, 1.807) is 6.92 Å². The molecular weight excluding hydrogens is 371 g/mol. The molecule has 0 saturated carbocycles. The van der Waals surface area contributed by atoms with Gasteiger partial charge in [-0.15, -0.1) is 0 Å². The first-order chi connectivity index (χ1) is 12.1. The fourth-order valence-electron chi connectivity index (χ4n) is 2.46. The maximum atomic E-state index is 12.8. The largest absolute Gasteiger partial charge is 0.481 e. The van der Waals surface area contributed by atoms with Crippen molar-refractivity contribution in [3.63, 3.8) is 0 Å². The van der Waals surface area contributed by atoms with Crippen molar-refractivity contribution in [3.05, 3.63) is 47.8 Å². The molecule has 0 spiro atoms. The molecule has 0 bridgehead atoms. The van der Waals surface area contributed by atoms with Crippen LogP contribution in [0.4, 0.5) is 18.9 Å². The Morgan fingerprint density at radius 2 is 1.92 bits per heavy atom. The van der Waals surface area contributed by atoms with Gasteiger partial charge < -0.3 is 9.72 Å². The minimum absolute atomic E-state index is 0.0739. The number of methoxy groups -OCH3 is 1. The number of sulfonamides is 1. The highest BCUT2D eigenvalue weighted by molar-refractivity contribution is 7.93. The molecular formula is C16H14F3N3O3S. The highest BCUT2D eigenvalue weighted by Gasteiger charge is 2.31. The average Bonchev–Trinajstić information content (AvgIpc) is 2.99. The maximum Gasteiger partial charge on any atom is 0.416 e. The van der Waals surface area contributed by atoms with Gasteiger partial charge in [0.05, 0.1) is 24.1 Å². The van der Waals surface area contributed by atoms with E-state index in [1.165, 1.54) is 19.2 Å². The first-order valence-corrected chi connectivity index (χ1v) is 8.83. The predicted octanol–water partition coefficient (Wildman–Crippen LogP) is 3.70. The summed E-state index contributed by atoms with van der Waals surface area (Å²) in [7, 11) is -2.59. The number of pyridine rings is 1. The van der Waals surface area contributed by atoms with Crippen molar-refractivity contribution in [3.8, 4) is 5.88 Å². The quantitative estimate of drug-likeness (QED) is 0.717. The van der Waals surface area contributed by atoms with E-state index in [2.05, 4.69) is 14.7 Å². The van der Waals surface area contributed by atoms with Crippen LogP contribution in [0.2, 0.25) is 0 Å². The van der Waals surface area contributed by atoms with Crippen LogP contribution in [0.5, 0.6) is 5.88 Å². The standard InChI is InChI=1S/C16H14F3N3O3S/c1-9-12(5-6-15(21-9)25-2)22-26(23,24)14-8-20-13-7-10(16(17,18)19)3-4-11(13)14/h3-8,20,22H,1-2H3. The second-order valence-electron chi connectivity index (χ2n) is 5.50. The van der Waals surface area contributed by atoms with Crippen LogP contribution in [-0.4, -0.2) is 25.5 Å². The fourth-order valence-corrected chi connectivity index (χ4v) is 3.75. The molecule has 10 heteroatoms. The number of nitrogens with one attached hydrogen (secondary N) is 2. The van der Waals surface area contributed by atoms with Crippen molar-refractivity contribution >= 4 is 26.6 Å². The molecule has 0 atom stereocenters. The number of halogens is 3. The Hall–Kier alpha value is -2.75. The lowest BCUT2D eigenvalue weighted by atomic mass is 10.1. The van der Waals surface area contributed by atoms with Gasteiger partial charge >= 0.3 is 6.18 Å². The third kappa shape index (κ3) is 3.32. The summed E-state index contributed by atoms with van der Waals surface area (Å²) in [6, 6.07) is 5.83. The van der Waals surface area contributed by atoms with E-state index in [0.29, 0.717) is 11.6 Å². The minimum atomic E-state index is -4.51. The Labute approximate surface area is 147 Å². The Morgan fingerprint density at radius 1 is 1.19 bits per heavy atom. The van der Waals surface area contributed by atoms with Gasteiger partial charge in [0.2, 0.25) is 5.88 Å². The SMILES string of the molecule is COc1ccc(NS(=O)(=O)c2c[nH]c3cc(C(F)(F)F)ccc23)c(C)n1. The van der Waals surface area contributed by atoms with E-state index < -0.39 is 21.8 Å². The molecule has 138 valence electrons. The normalized spacial score (nSPS) is 12.3. The number of nitrogens with zero attached hydrogens (tertiary/aromatic N) is 1. The molecule has 0 saturated heterocycles. The van der Waals surface area contributed by atoms with Gasteiger partial charge in [0.15, 0.2) is 0 Å². The maximum absolute atomic E-state index is 12.8. The molecule has 3 aromatic rings. The topological polar surface area (TPSA) is 84.1 Å². The van der Waals surface area contributed by atoms with Gasteiger partial charge in [-0.2, -0.15) is 13.2 Å². The van der Waals surface area contributed by atoms with E-state index in [4.69, 9.17) is 4.74 Å². The summed E-state index contributed by atoms with van der Waals surface area (Å²) in [5, 5.41) is 0.157. The number of hydrogen-bond donors (Lipinski definition) is 2. The lowest BCUT2D eigenvalue weighted by Crippen LogP contribution is -2.14. The summed E-state index contributed by atoms with van der Waals surface area (Å²) in [6.45, 7) is 1.60. The molecule has 6 nitrogen and oxygen atoms in total. The van der Waals surface area contributed by atoms with Crippen LogP contribution in [0.25, 0.3) is 10.9 Å². The van der Waals surface area contributed by atoms with Crippen molar-refractivity contribution in [2.24, 2.45) is 0 Å². The van der Waals surface area contributed by atoms with E-state index >= 15 is 0 Å². The van der Waals surface area contributed by atoms with E-state index in [9.17, 15) is 21.6 Å². The number of ether oxygens (including phenoxy) is 1. The number of anilines is 1. The van der Waals surface area contributed by atoms with Gasteiger partial charge in [0, 0.05) is 23.2 Å². The number of aryl methyl sites for hydroxylation is 1. The summed E-state index contributed by atoms with van der Waals surface area (Å²) in [4.78, 5) is 6.49. The molecule has 2 N–H and O–H groups in total. The molecule has 0 unspecified atom stereocenters. The molecule has 0 amide bonds. The molecule has 0 aliphatic heterocycles. The van der Waals surface area contributed by atoms with E-state index in [-0.39, 0.29) is 21.5 Å². The van der Waals surface area contributed by atoms with Crippen molar-refractivity contribution in [2.75, 3.05) is 11.8 Å². The second-order valence-corrected chi connectivity index (χ2v) is 7.15. The Bertz CT molecular complexity index is 1080. The number of H-pyrrole nitrogens is 1. The highest BCUT2D eigenvalue weighted by Crippen LogP contribution is 2.33. The van der Waals surface area contributed by atoms with Gasteiger partial charge in [0.1, 0.15) is 4.90 Å². The molecule has 0 aliphatic rings. The Morgan fingerprint density at radius 3 is 2.54 bits per heavy atom. The molecule has 1 aromatic carbocycles. The lowest BCUT2D eigenvalue weighted by molar-refractivity contribution is -0.137. The summed E-state index contributed by atoms with van der Waals surface area (Å²) in [6.07, 6.45) is -3.36. The average molecular weight is 385 g/mol. The summed E-state index contributed by atoms with van der Waals surface area (Å²) < 4.78 is 71.0. The van der Waals surface area contributed by atoms with Crippen LogP contribution in [0.3, 0.4) is 0 Å².